The Morgan fingerprint density at radius 2 is 0.977 bits per heavy atom. The first-order valence-corrected chi connectivity index (χ1v) is 15.2. The maximum Gasteiger partial charge on any atom is 0.161 e. The molecule has 0 amide bonds. The standard InChI is InChI=1S/C40H26N2S/c1-3-11-27(12-4-1)29-19-20-31-24-32(22-21-30(31)23-29)36-26-37(39-25-33-15-7-10-18-38(33)43-39)42-40(41-36)35-17-9-8-16-34(35)28-13-5-2-6-14-28/h1-26H. The smallest absolute Gasteiger partial charge is 0.161 e. The van der Waals surface area contributed by atoms with Gasteiger partial charge in [-0.25, -0.2) is 9.97 Å². The number of fused-ring (bicyclic) bond motifs is 2. The summed E-state index contributed by atoms with van der Waals surface area (Å²) in [6.45, 7) is 0. The summed E-state index contributed by atoms with van der Waals surface area (Å²) in [7, 11) is 0. The van der Waals surface area contributed by atoms with Gasteiger partial charge in [-0.1, -0.05) is 127 Å². The third-order valence-electron chi connectivity index (χ3n) is 7.90. The van der Waals surface area contributed by atoms with E-state index in [9.17, 15) is 0 Å². The molecule has 0 saturated heterocycles. The number of benzene rings is 6. The monoisotopic (exact) mass is 566 g/mol. The van der Waals surface area contributed by atoms with Crippen LogP contribution in [0.25, 0.3) is 76.3 Å². The minimum Gasteiger partial charge on any atom is -0.228 e. The summed E-state index contributed by atoms with van der Waals surface area (Å²) in [5, 5.41) is 3.62. The van der Waals surface area contributed by atoms with Gasteiger partial charge in [-0.15, -0.1) is 11.3 Å². The molecule has 0 radical (unpaired) electrons. The topological polar surface area (TPSA) is 25.8 Å². The molecule has 0 saturated carbocycles. The predicted octanol–water partition coefficient (Wildman–Crippen LogP) is 11.2. The second-order valence-electron chi connectivity index (χ2n) is 10.7. The molecule has 202 valence electrons. The Hall–Kier alpha value is -5.38. The van der Waals surface area contributed by atoms with Crippen molar-refractivity contribution in [2.45, 2.75) is 0 Å². The first kappa shape index (κ1) is 25.3. The summed E-state index contributed by atoms with van der Waals surface area (Å²) in [5.74, 6) is 0.726. The van der Waals surface area contributed by atoms with Gasteiger partial charge in [-0.3, -0.25) is 0 Å². The van der Waals surface area contributed by atoms with Crippen molar-refractivity contribution in [3.63, 3.8) is 0 Å². The van der Waals surface area contributed by atoms with Gasteiger partial charge in [0.1, 0.15) is 0 Å². The summed E-state index contributed by atoms with van der Waals surface area (Å²) >= 11 is 1.77. The van der Waals surface area contributed by atoms with Crippen LogP contribution in [0.15, 0.2) is 158 Å². The van der Waals surface area contributed by atoms with Gasteiger partial charge in [0.25, 0.3) is 0 Å². The number of rotatable bonds is 5. The molecule has 0 fully saturated rings. The van der Waals surface area contributed by atoms with E-state index >= 15 is 0 Å². The zero-order valence-electron chi connectivity index (χ0n) is 23.3. The molecule has 8 aromatic rings. The average molecular weight is 567 g/mol. The van der Waals surface area contributed by atoms with Crippen LogP contribution in [0, 0.1) is 0 Å². The molecule has 0 aliphatic rings. The fraction of sp³-hybridized carbons (Fsp3) is 0. The maximum absolute atomic E-state index is 5.20. The Kier molecular flexibility index (Phi) is 6.36. The lowest BCUT2D eigenvalue weighted by Crippen LogP contribution is -1.97. The molecule has 43 heavy (non-hydrogen) atoms. The molecule has 2 heterocycles. The van der Waals surface area contributed by atoms with Crippen molar-refractivity contribution in [2.24, 2.45) is 0 Å². The minimum atomic E-state index is 0.726. The Balaban J connectivity index is 1.29. The van der Waals surface area contributed by atoms with Crippen LogP contribution in [-0.2, 0) is 0 Å². The van der Waals surface area contributed by atoms with E-state index in [1.165, 1.54) is 32.0 Å². The summed E-state index contributed by atoms with van der Waals surface area (Å²) in [6.07, 6.45) is 0. The lowest BCUT2D eigenvalue weighted by atomic mass is 9.98. The van der Waals surface area contributed by atoms with Crippen molar-refractivity contribution in [3.05, 3.63) is 158 Å². The van der Waals surface area contributed by atoms with Gasteiger partial charge in [0.15, 0.2) is 5.82 Å². The fourth-order valence-corrected chi connectivity index (χ4v) is 6.74. The molecule has 2 aromatic heterocycles. The summed E-state index contributed by atoms with van der Waals surface area (Å²) in [4.78, 5) is 11.5. The van der Waals surface area contributed by atoms with Gasteiger partial charge in [-0.05, 0) is 68.7 Å². The molecular weight excluding hydrogens is 541 g/mol. The van der Waals surface area contributed by atoms with Crippen LogP contribution in [0.4, 0.5) is 0 Å². The van der Waals surface area contributed by atoms with Crippen molar-refractivity contribution < 1.29 is 0 Å². The number of hydrogen-bond donors (Lipinski definition) is 0. The molecule has 0 aliphatic heterocycles. The molecule has 2 nitrogen and oxygen atoms in total. The second kappa shape index (κ2) is 10.8. The largest absolute Gasteiger partial charge is 0.228 e. The van der Waals surface area contributed by atoms with Gasteiger partial charge >= 0.3 is 0 Å². The van der Waals surface area contributed by atoms with Gasteiger partial charge in [0.2, 0.25) is 0 Å². The highest BCUT2D eigenvalue weighted by molar-refractivity contribution is 7.22. The summed E-state index contributed by atoms with van der Waals surface area (Å²) in [6, 6.07) is 55.6. The number of hydrogen-bond acceptors (Lipinski definition) is 3. The van der Waals surface area contributed by atoms with Gasteiger partial charge in [0, 0.05) is 15.8 Å². The van der Waals surface area contributed by atoms with E-state index < -0.39 is 0 Å². The van der Waals surface area contributed by atoms with E-state index in [-0.39, 0.29) is 0 Å². The van der Waals surface area contributed by atoms with Gasteiger partial charge in [0.05, 0.1) is 16.3 Å². The quantitative estimate of drug-likeness (QED) is 0.207. The van der Waals surface area contributed by atoms with E-state index in [4.69, 9.17) is 9.97 Å². The van der Waals surface area contributed by atoms with Crippen LogP contribution in [-0.4, -0.2) is 9.97 Å². The Labute approximate surface area is 254 Å². The van der Waals surface area contributed by atoms with Crippen LogP contribution in [0.5, 0.6) is 0 Å². The number of nitrogens with zero attached hydrogens (tertiary/aromatic N) is 2. The van der Waals surface area contributed by atoms with E-state index in [2.05, 4.69) is 152 Å². The number of thiophene rings is 1. The predicted molar refractivity (Wildman–Crippen MR) is 182 cm³/mol. The van der Waals surface area contributed by atoms with Gasteiger partial charge < -0.3 is 0 Å². The zero-order valence-corrected chi connectivity index (χ0v) is 24.1. The first-order chi connectivity index (χ1) is 21.3. The highest BCUT2D eigenvalue weighted by Crippen LogP contribution is 2.37. The fourth-order valence-electron chi connectivity index (χ4n) is 5.71. The maximum atomic E-state index is 5.20. The van der Waals surface area contributed by atoms with E-state index in [0.29, 0.717) is 0 Å². The SMILES string of the molecule is c1ccc(-c2ccc3cc(-c4cc(-c5cc6ccccc6s5)nc(-c5ccccc5-c5ccccc5)n4)ccc3c2)cc1. The van der Waals surface area contributed by atoms with E-state index in [1.54, 1.807) is 11.3 Å². The van der Waals surface area contributed by atoms with E-state index in [1.807, 2.05) is 6.07 Å². The average Bonchev–Trinajstić information content (AvgIpc) is 3.53. The molecule has 0 bridgehead atoms. The molecule has 0 N–H and O–H groups in total. The van der Waals surface area contributed by atoms with Crippen molar-refractivity contribution in [1.29, 1.82) is 0 Å². The molecule has 0 spiro atoms. The second-order valence-corrected chi connectivity index (χ2v) is 11.7. The highest BCUT2D eigenvalue weighted by atomic mass is 32.1. The van der Waals surface area contributed by atoms with Gasteiger partial charge in [-0.2, -0.15) is 0 Å². The molecule has 0 atom stereocenters. The highest BCUT2D eigenvalue weighted by Gasteiger charge is 2.16. The Morgan fingerprint density at radius 3 is 1.74 bits per heavy atom. The molecule has 6 aromatic carbocycles. The van der Waals surface area contributed by atoms with Crippen LogP contribution >= 0.6 is 11.3 Å². The Bertz CT molecular complexity index is 2200. The van der Waals surface area contributed by atoms with Crippen molar-refractivity contribution in [2.75, 3.05) is 0 Å². The zero-order chi connectivity index (χ0) is 28.6. The lowest BCUT2D eigenvalue weighted by Gasteiger charge is -2.12. The van der Waals surface area contributed by atoms with Crippen molar-refractivity contribution in [3.8, 4) is 55.5 Å². The van der Waals surface area contributed by atoms with E-state index in [0.717, 1.165) is 44.3 Å². The van der Waals surface area contributed by atoms with Crippen LogP contribution in [0.2, 0.25) is 0 Å². The third-order valence-corrected chi connectivity index (χ3v) is 9.04. The van der Waals surface area contributed by atoms with Crippen LogP contribution < -0.4 is 0 Å². The van der Waals surface area contributed by atoms with Crippen LogP contribution in [0.3, 0.4) is 0 Å². The minimum absolute atomic E-state index is 0.726. The van der Waals surface area contributed by atoms with Crippen molar-refractivity contribution >= 4 is 32.2 Å². The summed E-state index contributed by atoms with van der Waals surface area (Å²) < 4.78 is 1.25. The summed E-state index contributed by atoms with van der Waals surface area (Å²) in [5.41, 5.74) is 8.64. The molecule has 3 heteroatoms. The molecular formula is C40H26N2S. The Morgan fingerprint density at radius 1 is 0.372 bits per heavy atom. The normalized spacial score (nSPS) is 11.3. The molecule has 0 aliphatic carbocycles. The molecule has 0 unspecified atom stereocenters. The van der Waals surface area contributed by atoms with Crippen molar-refractivity contribution in [1.82, 2.24) is 9.97 Å². The third kappa shape index (κ3) is 4.90. The first-order valence-electron chi connectivity index (χ1n) is 14.4. The molecule has 8 rings (SSSR count). The number of aromatic nitrogens is 2. The van der Waals surface area contributed by atoms with Crippen LogP contribution in [0.1, 0.15) is 0 Å². The lowest BCUT2D eigenvalue weighted by molar-refractivity contribution is 1.19.